The zero-order valence-corrected chi connectivity index (χ0v) is 22.0. The van der Waals surface area contributed by atoms with Crippen LogP contribution in [0, 0.1) is 17.8 Å². The van der Waals surface area contributed by atoms with Gasteiger partial charge < -0.3 is 29.5 Å². The van der Waals surface area contributed by atoms with Gasteiger partial charge >= 0.3 is 6.29 Å². The summed E-state index contributed by atoms with van der Waals surface area (Å²) in [5.74, 6) is 0.275. The lowest BCUT2D eigenvalue weighted by Gasteiger charge is -2.43. The van der Waals surface area contributed by atoms with E-state index in [4.69, 9.17) is 9.47 Å². The summed E-state index contributed by atoms with van der Waals surface area (Å²) in [5.41, 5.74) is -1.16. The summed E-state index contributed by atoms with van der Waals surface area (Å²) >= 11 is 0. The molecule has 0 aliphatic carbocycles. The second-order valence-electron chi connectivity index (χ2n) is 10.6. The Morgan fingerprint density at radius 3 is 2.81 bits per heavy atom. The number of benzene rings is 1. The van der Waals surface area contributed by atoms with Gasteiger partial charge in [0.05, 0.1) is 5.60 Å². The molecular formula is C27H42F2N2O5. The second kappa shape index (κ2) is 12.5. The number of carbonyl (C=O) groups excluding carboxylic acids is 1. The molecule has 1 aromatic rings. The van der Waals surface area contributed by atoms with E-state index in [1.807, 2.05) is 11.9 Å². The van der Waals surface area contributed by atoms with Gasteiger partial charge in [-0.05, 0) is 70.0 Å². The van der Waals surface area contributed by atoms with Crippen molar-refractivity contribution >= 4 is 5.91 Å². The molecule has 0 bridgehead atoms. The number of methoxy groups -OCH3 is 1. The van der Waals surface area contributed by atoms with Crippen molar-refractivity contribution < 1.29 is 32.9 Å². The molecule has 2 heterocycles. The Labute approximate surface area is 213 Å². The molecule has 3 atom stereocenters. The van der Waals surface area contributed by atoms with E-state index in [0.717, 1.165) is 25.8 Å². The van der Waals surface area contributed by atoms with Crippen LogP contribution in [0.4, 0.5) is 8.78 Å². The molecule has 9 heteroatoms. The first-order valence-corrected chi connectivity index (χ1v) is 13.1. The minimum atomic E-state index is -3.78. The fraction of sp³-hybridized carbons (Fsp3) is 0.741. The highest BCUT2D eigenvalue weighted by Crippen LogP contribution is 2.51. The van der Waals surface area contributed by atoms with Crippen molar-refractivity contribution in [2.75, 3.05) is 40.4 Å². The van der Waals surface area contributed by atoms with E-state index in [0.29, 0.717) is 56.9 Å². The molecule has 7 nitrogen and oxygen atoms in total. The molecule has 0 aromatic heterocycles. The van der Waals surface area contributed by atoms with E-state index >= 15 is 0 Å². The van der Waals surface area contributed by atoms with Crippen LogP contribution in [0.15, 0.2) is 18.2 Å². The largest absolute Gasteiger partial charge is 0.586 e. The van der Waals surface area contributed by atoms with Crippen molar-refractivity contribution in [3.63, 3.8) is 0 Å². The highest BCUT2D eigenvalue weighted by atomic mass is 19.3. The number of nitrogens with zero attached hydrogens (tertiary/aromatic N) is 1. The summed E-state index contributed by atoms with van der Waals surface area (Å²) < 4.78 is 42.6. The molecule has 0 saturated carbocycles. The first-order valence-electron chi connectivity index (χ1n) is 13.1. The molecule has 204 valence electrons. The van der Waals surface area contributed by atoms with Crippen LogP contribution in [0.5, 0.6) is 11.5 Å². The van der Waals surface area contributed by atoms with E-state index in [-0.39, 0.29) is 29.2 Å². The van der Waals surface area contributed by atoms with Crippen LogP contribution in [0.25, 0.3) is 0 Å². The van der Waals surface area contributed by atoms with Gasteiger partial charge in [0.15, 0.2) is 11.5 Å². The number of piperidine rings is 1. The summed E-state index contributed by atoms with van der Waals surface area (Å²) in [7, 11) is 3.51. The van der Waals surface area contributed by atoms with Crippen LogP contribution < -0.4 is 14.8 Å². The highest BCUT2D eigenvalue weighted by Gasteiger charge is 2.49. The van der Waals surface area contributed by atoms with Gasteiger partial charge in [-0.1, -0.05) is 26.0 Å². The summed E-state index contributed by atoms with van der Waals surface area (Å²) in [4.78, 5) is 15.1. The van der Waals surface area contributed by atoms with Crippen molar-refractivity contribution in [3.05, 3.63) is 23.8 Å². The topological polar surface area (TPSA) is 80.3 Å². The summed E-state index contributed by atoms with van der Waals surface area (Å²) in [6.45, 7) is 6.62. The third-order valence-corrected chi connectivity index (χ3v) is 7.26. The molecule has 0 radical (unpaired) electrons. The Balaban J connectivity index is 1.83. The predicted molar refractivity (Wildman–Crippen MR) is 133 cm³/mol. The number of alkyl halides is 2. The number of ether oxygens (including phenoxy) is 3. The van der Waals surface area contributed by atoms with Crippen LogP contribution in [-0.2, 0) is 15.1 Å². The fourth-order valence-electron chi connectivity index (χ4n) is 5.67. The van der Waals surface area contributed by atoms with Gasteiger partial charge in [-0.25, -0.2) is 0 Å². The maximum atomic E-state index is 13.9. The monoisotopic (exact) mass is 512 g/mol. The average molecular weight is 513 g/mol. The van der Waals surface area contributed by atoms with Crippen molar-refractivity contribution in [1.29, 1.82) is 0 Å². The summed E-state index contributed by atoms with van der Waals surface area (Å²) in [6.07, 6.45) is 0.730. The highest BCUT2D eigenvalue weighted by molar-refractivity contribution is 5.76. The van der Waals surface area contributed by atoms with Gasteiger partial charge in [0, 0.05) is 44.7 Å². The molecular weight excluding hydrogens is 470 g/mol. The Morgan fingerprint density at radius 1 is 1.33 bits per heavy atom. The molecule has 36 heavy (non-hydrogen) atoms. The van der Waals surface area contributed by atoms with E-state index in [1.54, 1.807) is 19.2 Å². The van der Waals surface area contributed by atoms with Gasteiger partial charge in [-0.2, -0.15) is 0 Å². The Hall–Kier alpha value is -1.97. The number of hydrogen-bond acceptors (Lipinski definition) is 6. The Kier molecular flexibility index (Phi) is 9.94. The number of aliphatic hydroxyl groups is 1. The maximum absolute atomic E-state index is 13.9. The quantitative estimate of drug-likeness (QED) is 0.378. The first-order chi connectivity index (χ1) is 17.1. The van der Waals surface area contributed by atoms with Crippen LogP contribution in [0.3, 0.4) is 0 Å². The molecule has 1 aromatic carbocycles. The standard InChI is InChI=1S/C27H42F2N2O5/c1-19(2)15-20(17-30-3)16-24(32)31-13-8-9-21(18-31)26(33,12-5-6-14-34-4)22-10-7-11-23-25(22)36-27(28,29)35-23/h7,10-11,19-21,30,33H,5-6,8-9,12-18H2,1-4H3/t20-,21-,26+/m1/s1. The van der Waals surface area contributed by atoms with Crippen molar-refractivity contribution in [1.82, 2.24) is 10.2 Å². The van der Waals surface area contributed by atoms with Crippen LogP contribution in [0.1, 0.15) is 64.4 Å². The number of unbranched alkanes of at least 4 members (excludes halogenated alkanes) is 1. The number of likely N-dealkylation sites (tertiary alicyclic amines) is 1. The van der Waals surface area contributed by atoms with Gasteiger partial charge in [0.1, 0.15) is 0 Å². The van der Waals surface area contributed by atoms with Gasteiger partial charge in [-0.3, -0.25) is 4.79 Å². The lowest BCUT2D eigenvalue weighted by Crippen LogP contribution is -2.48. The molecule has 1 amide bonds. The molecule has 2 aliphatic heterocycles. The number of fused-ring (bicyclic) bond motifs is 1. The van der Waals surface area contributed by atoms with Crippen molar-refractivity contribution in [2.24, 2.45) is 17.8 Å². The zero-order chi connectivity index (χ0) is 26.3. The second-order valence-corrected chi connectivity index (χ2v) is 10.6. The van der Waals surface area contributed by atoms with E-state index in [2.05, 4.69) is 23.9 Å². The summed E-state index contributed by atoms with van der Waals surface area (Å²) in [6, 6.07) is 4.64. The number of halogens is 2. The predicted octanol–water partition coefficient (Wildman–Crippen LogP) is 4.52. The number of nitrogens with one attached hydrogen (secondary N) is 1. The normalized spacial score (nSPS) is 21.4. The fourth-order valence-corrected chi connectivity index (χ4v) is 5.67. The molecule has 2 aliphatic rings. The first kappa shape index (κ1) is 28.6. The van der Waals surface area contributed by atoms with Crippen LogP contribution in [0.2, 0.25) is 0 Å². The smallest absolute Gasteiger partial charge is 0.395 e. The molecule has 2 N–H and O–H groups in total. The van der Waals surface area contributed by atoms with Crippen molar-refractivity contribution in [2.45, 2.75) is 70.7 Å². The minimum absolute atomic E-state index is 0.0757. The third kappa shape index (κ3) is 7.07. The Bertz CT molecular complexity index is 869. The zero-order valence-electron chi connectivity index (χ0n) is 22.0. The lowest BCUT2D eigenvalue weighted by atomic mass is 9.73. The number of carbonyl (C=O) groups is 1. The maximum Gasteiger partial charge on any atom is 0.586 e. The van der Waals surface area contributed by atoms with Gasteiger partial charge in [0.25, 0.3) is 0 Å². The summed E-state index contributed by atoms with van der Waals surface area (Å²) in [5, 5.41) is 15.3. The van der Waals surface area contributed by atoms with Crippen LogP contribution in [-0.4, -0.2) is 62.6 Å². The van der Waals surface area contributed by atoms with Crippen molar-refractivity contribution in [3.8, 4) is 11.5 Å². The number of rotatable bonds is 13. The Morgan fingerprint density at radius 2 is 2.11 bits per heavy atom. The molecule has 3 rings (SSSR count). The van der Waals surface area contributed by atoms with Crippen LogP contribution >= 0.6 is 0 Å². The molecule has 0 spiro atoms. The van der Waals surface area contributed by atoms with E-state index < -0.39 is 11.9 Å². The lowest BCUT2D eigenvalue weighted by molar-refractivity contribution is -0.287. The molecule has 0 unspecified atom stereocenters. The molecule has 1 saturated heterocycles. The SMILES string of the molecule is CNC[C@@H](CC(=O)N1CCC[C@@H]([C@@](O)(CCCCOC)c2cccc3c2OC(F)(F)O3)C1)CC(C)C. The minimum Gasteiger partial charge on any atom is -0.395 e. The third-order valence-electron chi connectivity index (χ3n) is 7.26. The van der Waals surface area contributed by atoms with Gasteiger partial charge in [-0.15, -0.1) is 8.78 Å². The average Bonchev–Trinajstić information content (AvgIpc) is 3.15. The van der Waals surface area contributed by atoms with E-state index in [1.165, 1.54) is 6.07 Å². The number of hydrogen-bond donors (Lipinski definition) is 2. The molecule has 1 fully saturated rings. The number of amides is 1. The van der Waals surface area contributed by atoms with E-state index in [9.17, 15) is 18.7 Å². The van der Waals surface area contributed by atoms with Gasteiger partial charge in [0.2, 0.25) is 5.91 Å². The number of para-hydroxylation sites is 1.